The fourth-order valence-corrected chi connectivity index (χ4v) is 4.57. The second-order valence-electron chi connectivity index (χ2n) is 11.0. The first kappa shape index (κ1) is 30.4. The van der Waals surface area contributed by atoms with E-state index in [0.29, 0.717) is 18.7 Å². The number of nitrogens with zero attached hydrogens (tertiary/aromatic N) is 1. The van der Waals surface area contributed by atoms with Crippen LogP contribution in [0.5, 0.6) is 0 Å². The minimum atomic E-state index is -0.943. The van der Waals surface area contributed by atoms with Crippen molar-refractivity contribution in [3.8, 4) is 0 Å². The van der Waals surface area contributed by atoms with Crippen LogP contribution < -0.4 is 10.6 Å². The molecule has 0 radical (unpaired) electrons. The lowest BCUT2D eigenvalue weighted by Crippen LogP contribution is -2.53. The molecule has 3 rings (SSSR count). The zero-order valence-corrected chi connectivity index (χ0v) is 24.4. The third kappa shape index (κ3) is 8.43. The Bertz CT molecular complexity index is 1300. The minimum Gasteiger partial charge on any atom is -0.444 e. The second kappa shape index (κ2) is 13.8. The highest BCUT2D eigenvalue weighted by molar-refractivity contribution is 5.99. The van der Waals surface area contributed by atoms with E-state index in [0.717, 1.165) is 22.3 Å². The summed E-state index contributed by atoms with van der Waals surface area (Å²) < 4.78 is 5.50. The molecule has 3 amide bonds. The molecule has 0 spiro atoms. The van der Waals surface area contributed by atoms with E-state index in [2.05, 4.69) is 10.6 Å². The van der Waals surface area contributed by atoms with Gasteiger partial charge in [-0.1, -0.05) is 79.7 Å². The molecular formula is C33H41N3O4. The van der Waals surface area contributed by atoms with Gasteiger partial charge in [-0.3, -0.25) is 9.59 Å². The van der Waals surface area contributed by atoms with E-state index in [1.807, 2.05) is 99.6 Å². The van der Waals surface area contributed by atoms with Crippen LogP contribution in [-0.4, -0.2) is 41.0 Å². The molecule has 40 heavy (non-hydrogen) atoms. The predicted octanol–water partition coefficient (Wildman–Crippen LogP) is 6.36. The van der Waals surface area contributed by atoms with E-state index < -0.39 is 23.8 Å². The zero-order chi connectivity index (χ0) is 29.3. The highest BCUT2D eigenvalue weighted by Crippen LogP contribution is 2.28. The molecule has 0 aliphatic rings. The van der Waals surface area contributed by atoms with Crippen molar-refractivity contribution in [2.24, 2.45) is 0 Å². The molecule has 212 valence electrons. The molecule has 3 aromatic rings. The molecule has 0 aromatic heterocycles. The topological polar surface area (TPSA) is 87.7 Å². The summed E-state index contributed by atoms with van der Waals surface area (Å²) in [5.41, 5.74) is 3.37. The van der Waals surface area contributed by atoms with Gasteiger partial charge < -0.3 is 20.3 Å². The molecular weight excluding hydrogens is 502 g/mol. The number of nitrogens with one attached hydrogen (secondary N) is 2. The zero-order valence-electron chi connectivity index (χ0n) is 24.4. The van der Waals surface area contributed by atoms with Gasteiger partial charge in [-0.05, 0) is 69.4 Å². The summed E-state index contributed by atoms with van der Waals surface area (Å²) in [5, 5.41) is 5.84. The lowest BCUT2D eigenvalue weighted by atomic mass is 9.96. The van der Waals surface area contributed by atoms with Crippen molar-refractivity contribution in [3.63, 3.8) is 0 Å². The number of carbonyl (C=O) groups is 3. The number of carbonyl (C=O) groups excluding carboxylic acids is 3. The maximum Gasteiger partial charge on any atom is 0.408 e. The number of rotatable bonds is 10. The van der Waals surface area contributed by atoms with Gasteiger partial charge in [-0.15, -0.1) is 0 Å². The average Bonchev–Trinajstić information content (AvgIpc) is 2.89. The van der Waals surface area contributed by atoms with Crippen molar-refractivity contribution in [2.45, 2.75) is 72.1 Å². The van der Waals surface area contributed by atoms with Crippen LogP contribution in [-0.2, 0) is 20.7 Å². The van der Waals surface area contributed by atoms with E-state index in [1.54, 1.807) is 25.7 Å². The van der Waals surface area contributed by atoms with Gasteiger partial charge in [-0.25, -0.2) is 4.79 Å². The van der Waals surface area contributed by atoms with Crippen molar-refractivity contribution < 1.29 is 19.1 Å². The van der Waals surface area contributed by atoms with Crippen molar-refractivity contribution >= 4 is 23.6 Å². The fourth-order valence-electron chi connectivity index (χ4n) is 4.57. The summed E-state index contributed by atoms with van der Waals surface area (Å²) in [4.78, 5) is 42.8. The summed E-state index contributed by atoms with van der Waals surface area (Å²) in [6, 6.07) is 22.8. The van der Waals surface area contributed by atoms with Crippen LogP contribution in [0.1, 0.15) is 62.4 Å². The van der Waals surface area contributed by atoms with Crippen LogP contribution in [0.2, 0.25) is 0 Å². The van der Waals surface area contributed by atoms with Gasteiger partial charge in [0.15, 0.2) is 0 Å². The maximum atomic E-state index is 14.4. The molecule has 0 aliphatic carbocycles. The molecule has 0 fully saturated rings. The molecule has 2 N–H and O–H groups in total. The average molecular weight is 544 g/mol. The van der Waals surface area contributed by atoms with E-state index in [-0.39, 0.29) is 18.2 Å². The monoisotopic (exact) mass is 543 g/mol. The van der Waals surface area contributed by atoms with Gasteiger partial charge in [-0.2, -0.15) is 0 Å². The number of hydrogen-bond acceptors (Lipinski definition) is 4. The van der Waals surface area contributed by atoms with Crippen LogP contribution in [0.25, 0.3) is 0 Å². The lowest BCUT2D eigenvalue weighted by Gasteiger charge is -2.35. The third-order valence-corrected chi connectivity index (χ3v) is 6.47. The summed E-state index contributed by atoms with van der Waals surface area (Å²) in [7, 11) is 0. The molecule has 3 aromatic carbocycles. The SMILES string of the molecule is CCCN(C(=O)C(Cc1ccccc1)NC(=O)OC(C)(C)C)C(C(=O)Nc1ccccc1C)c1ccccc1C. The number of alkyl carbamates (subject to hydrolysis) is 1. The van der Waals surface area contributed by atoms with Crippen molar-refractivity contribution in [1.29, 1.82) is 0 Å². The highest BCUT2D eigenvalue weighted by Gasteiger charge is 2.36. The van der Waals surface area contributed by atoms with Gasteiger partial charge in [0.1, 0.15) is 17.7 Å². The molecule has 7 heteroatoms. The first-order valence-electron chi connectivity index (χ1n) is 13.8. The molecule has 2 atom stereocenters. The predicted molar refractivity (Wildman–Crippen MR) is 159 cm³/mol. The Balaban J connectivity index is 2.04. The minimum absolute atomic E-state index is 0.249. The largest absolute Gasteiger partial charge is 0.444 e. The molecule has 0 heterocycles. The smallest absolute Gasteiger partial charge is 0.408 e. The van der Waals surface area contributed by atoms with Crippen molar-refractivity contribution in [2.75, 3.05) is 11.9 Å². The van der Waals surface area contributed by atoms with Crippen LogP contribution in [0.3, 0.4) is 0 Å². The molecule has 7 nitrogen and oxygen atoms in total. The summed E-state index contributed by atoms with van der Waals surface area (Å²) in [6.07, 6.45) is 0.185. The Morgan fingerprint density at radius 1 is 0.850 bits per heavy atom. The Kier molecular flexibility index (Phi) is 10.5. The van der Waals surface area contributed by atoms with E-state index in [9.17, 15) is 14.4 Å². The Morgan fingerprint density at radius 3 is 2.05 bits per heavy atom. The van der Waals surface area contributed by atoms with Crippen LogP contribution in [0, 0.1) is 13.8 Å². The number of benzene rings is 3. The third-order valence-electron chi connectivity index (χ3n) is 6.47. The van der Waals surface area contributed by atoms with Gasteiger partial charge >= 0.3 is 6.09 Å². The van der Waals surface area contributed by atoms with Crippen molar-refractivity contribution in [1.82, 2.24) is 10.2 Å². The summed E-state index contributed by atoms with van der Waals surface area (Å²) in [6.45, 7) is 11.4. The highest BCUT2D eigenvalue weighted by atomic mass is 16.6. The van der Waals surface area contributed by atoms with Gasteiger partial charge in [0.05, 0.1) is 0 Å². The first-order chi connectivity index (χ1) is 19.0. The number of aryl methyl sites for hydroxylation is 2. The van der Waals surface area contributed by atoms with Crippen LogP contribution >= 0.6 is 0 Å². The molecule has 2 unspecified atom stereocenters. The van der Waals surface area contributed by atoms with Gasteiger partial charge in [0.2, 0.25) is 5.91 Å². The Morgan fingerprint density at radius 2 is 1.45 bits per heavy atom. The molecule has 0 aliphatic heterocycles. The molecule has 0 saturated carbocycles. The van der Waals surface area contributed by atoms with Crippen LogP contribution in [0.4, 0.5) is 10.5 Å². The lowest BCUT2D eigenvalue weighted by molar-refractivity contribution is -0.140. The molecule has 0 saturated heterocycles. The number of anilines is 1. The quantitative estimate of drug-likeness (QED) is 0.312. The van der Waals surface area contributed by atoms with Crippen molar-refractivity contribution in [3.05, 3.63) is 101 Å². The van der Waals surface area contributed by atoms with E-state index in [1.165, 1.54) is 0 Å². The van der Waals surface area contributed by atoms with Gasteiger partial charge in [0.25, 0.3) is 5.91 Å². The summed E-state index contributed by atoms with van der Waals surface area (Å²) >= 11 is 0. The number of amides is 3. The Hall–Kier alpha value is -4.13. The standard InChI is InChI=1S/C33H41N3O4/c1-7-21-36(31(38)28(22-25-17-9-8-10-18-25)35-32(39)40-33(4,5)6)29(26-19-13-11-15-23(26)2)30(37)34-27-20-14-12-16-24(27)3/h8-20,28-29H,7,21-22H2,1-6H3,(H,34,37)(H,35,39). The fraction of sp³-hybridized carbons (Fsp3) is 0.364. The Labute approximate surface area is 237 Å². The molecule has 0 bridgehead atoms. The normalized spacial score (nSPS) is 12.7. The maximum absolute atomic E-state index is 14.4. The first-order valence-corrected chi connectivity index (χ1v) is 13.8. The second-order valence-corrected chi connectivity index (χ2v) is 11.0. The van der Waals surface area contributed by atoms with E-state index >= 15 is 0 Å². The number of para-hydroxylation sites is 1. The van der Waals surface area contributed by atoms with Gasteiger partial charge in [0, 0.05) is 18.7 Å². The van der Waals surface area contributed by atoms with E-state index in [4.69, 9.17) is 4.74 Å². The van der Waals surface area contributed by atoms with Crippen LogP contribution in [0.15, 0.2) is 78.9 Å². The number of hydrogen-bond donors (Lipinski definition) is 2. The summed E-state index contributed by atoms with van der Waals surface area (Å²) in [5.74, 6) is -0.675. The number of ether oxygens (including phenoxy) is 1.